The van der Waals surface area contributed by atoms with Gasteiger partial charge in [-0.3, -0.25) is 4.79 Å². The zero-order valence-corrected chi connectivity index (χ0v) is 10.4. The fraction of sp³-hybridized carbons (Fsp3) is 0.615. The number of carboxylic acid groups (broad SMARTS) is 1. The highest BCUT2D eigenvalue weighted by atomic mass is 16.4. The molecule has 92 valence electrons. The summed E-state index contributed by atoms with van der Waals surface area (Å²) in [5, 5.41) is 8.72. The number of piperidine rings is 1. The van der Waals surface area contributed by atoms with Crippen molar-refractivity contribution in [1.82, 2.24) is 4.90 Å². The molecule has 0 aliphatic carbocycles. The molecule has 0 aromatic heterocycles. The van der Waals surface area contributed by atoms with E-state index in [1.54, 1.807) is 13.0 Å². The molecule has 0 saturated carbocycles. The first kappa shape index (κ1) is 14.9. The molecule has 0 radical (unpaired) electrons. The van der Waals surface area contributed by atoms with Gasteiger partial charge < -0.3 is 10.0 Å². The van der Waals surface area contributed by atoms with Gasteiger partial charge in [-0.25, -0.2) is 0 Å². The second-order valence-electron chi connectivity index (χ2n) is 4.20. The molecule has 1 aliphatic heterocycles. The van der Waals surface area contributed by atoms with E-state index in [1.807, 2.05) is 6.92 Å². The number of hydrogen-bond acceptors (Lipinski definition) is 2. The van der Waals surface area contributed by atoms with E-state index < -0.39 is 5.97 Å². The van der Waals surface area contributed by atoms with Crippen LogP contribution >= 0.6 is 0 Å². The molecule has 0 spiro atoms. The third-order valence-electron chi connectivity index (χ3n) is 2.52. The molecule has 3 nitrogen and oxygen atoms in total. The lowest BCUT2D eigenvalue weighted by Crippen LogP contribution is -2.36. The van der Waals surface area contributed by atoms with E-state index in [0.717, 1.165) is 25.9 Å². The van der Waals surface area contributed by atoms with E-state index in [0.29, 0.717) is 6.54 Å². The van der Waals surface area contributed by atoms with Crippen LogP contribution in [0.15, 0.2) is 24.8 Å². The molecule has 0 bridgehead atoms. The smallest absolute Gasteiger partial charge is 0.307 e. The van der Waals surface area contributed by atoms with Crippen LogP contribution in [0.25, 0.3) is 0 Å². The Hall–Kier alpha value is -1.09. The molecular formula is C13H23NO2. The van der Waals surface area contributed by atoms with Crippen molar-refractivity contribution in [3.05, 3.63) is 24.8 Å². The predicted octanol–water partition coefficient (Wildman–Crippen LogP) is 2.55. The summed E-state index contributed by atoms with van der Waals surface area (Å²) in [6.07, 6.45) is 3.79. The van der Waals surface area contributed by atoms with Gasteiger partial charge in [0.25, 0.3) is 0 Å². The summed E-state index contributed by atoms with van der Waals surface area (Å²) in [4.78, 5) is 12.8. The van der Waals surface area contributed by atoms with Gasteiger partial charge in [-0.2, -0.15) is 0 Å². The van der Waals surface area contributed by atoms with Crippen molar-refractivity contribution in [1.29, 1.82) is 0 Å². The maximum Gasteiger partial charge on any atom is 0.307 e. The van der Waals surface area contributed by atoms with Crippen LogP contribution in [0.1, 0.15) is 26.7 Å². The van der Waals surface area contributed by atoms with Crippen LogP contribution in [0.2, 0.25) is 0 Å². The van der Waals surface area contributed by atoms with Gasteiger partial charge in [0.1, 0.15) is 0 Å². The van der Waals surface area contributed by atoms with Crippen molar-refractivity contribution in [3.8, 4) is 0 Å². The van der Waals surface area contributed by atoms with Crippen molar-refractivity contribution in [2.45, 2.75) is 26.7 Å². The van der Waals surface area contributed by atoms with Crippen molar-refractivity contribution >= 4 is 5.97 Å². The van der Waals surface area contributed by atoms with Crippen LogP contribution in [0.5, 0.6) is 0 Å². The van der Waals surface area contributed by atoms with Crippen molar-refractivity contribution in [2.24, 2.45) is 5.92 Å². The second kappa shape index (κ2) is 8.11. The topological polar surface area (TPSA) is 40.5 Å². The van der Waals surface area contributed by atoms with Gasteiger partial charge in [0, 0.05) is 19.6 Å². The number of aliphatic carboxylic acids is 1. The molecule has 1 unspecified atom stereocenters. The summed E-state index contributed by atoms with van der Waals surface area (Å²) in [5.41, 5.74) is 1.29. The highest BCUT2D eigenvalue weighted by molar-refractivity contribution is 5.69. The first-order valence-corrected chi connectivity index (χ1v) is 5.70. The van der Waals surface area contributed by atoms with Gasteiger partial charge >= 0.3 is 5.97 Å². The number of carbonyl (C=O) groups is 1. The van der Waals surface area contributed by atoms with E-state index >= 15 is 0 Å². The third-order valence-corrected chi connectivity index (χ3v) is 2.52. The summed E-state index contributed by atoms with van der Waals surface area (Å²) < 4.78 is 0. The average molecular weight is 225 g/mol. The Kier molecular flexibility index (Phi) is 7.56. The summed E-state index contributed by atoms with van der Waals surface area (Å²) >= 11 is 0. The van der Waals surface area contributed by atoms with Crippen LogP contribution in [0, 0.1) is 5.92 Å². The fourth-order valence-electron chi connectivity index (χ4n) is 1.52. The van der Waals surface area contributed by atoms with E-state index in [2.05, 4.69) is 18.1 Å². The first-order chi connectivity index (χ1) is 7.51. The Morgan fingerprint density at radius 1 is 1.56 bits per heavy atom. The molecule has 1 saturated heterocycles. The van der Waals surface area contributed by atoms with E-state index in [1.165, 1.54) is 5.57 Å². The Morgan fingerprint density at radius 3 is 2.38 bits per heavy atom. The van der Waals surface area contributed by atoms with E-state index in [4.69, 9.17) is 5.11 Å². The zero-order chi connectivity index (χ0) is 12.6. The molecule has 0 amide bonds. The second-order valence-corrected chi connectivity index (χ2v) is 4.20. The van der Waals surface area contributed by atoms with Gasteiger partial charge in [0.05, 0.1) is 5.92 Å². The number of likely N-dealkylation sites (tertiary alicyclic amines) is 1. The molecule has 1 aliphatic rings. The maximum atomic E-state index is 10.6. The minimum Gasteiger partial charge on any atom is -0.481 e. The minimum atomic E-state index is -0.704. The van der Waals surface area contributed by atoms with Crippen molar-refractivity contribution in [3.63, 3.8) is 0 Å². The van der Waals surface area contributed by atoms with Crippen molar-refractivity contribution < 1.29 is 9.90 Å². The third kappa shape index (κ3) is 6.40. The van der Waals surface area contributed by atoms with E-state index in [-0.39, 0.29) is 5.92 Å². The predicted molar refractivity (Wildman–Crippen MR) is 67.5 cm³/mol. The van der Waals surface area contributed by atoms with Crippen LogP contribution in [0.4, 0.5) is 0 Å². The standard InChI is InChI=1S/C10H17NO2.C3H6/c1-8-3-5-11(6-4-8)7-9(2)10(12)13;1-3-2/h9H,1,3-7H2,2H3,(H,12,13);3H,1H2,2H3. The van der Waals surface area contributed by atoms with Crippen LogP contribution in [0.3, 0.4) is 0 Å². The minimum absolute atomic E-state index is 0.258. The Morgan fingerprint density at radius 2 is 2.00 bits per heavy atom. The van der Waals surface area contributed by atoms with Gasteiger partial charge in [0.2, 0.25) is 0 Å². The van der Waals surface area contributed by atoms with Gasteiger partial charge in [-0.1, -0.05) is 25.2 Å². The lowest BCUT2D eigenvalue weighted by molar-refractivity contribution is -0.141. The lowest BCUT2D eigenvalue weighted by atomic mass is 10.0. The largest absolute Gasteiger partial charge is 0.481 e. The number of hydrogen-bond donors (Lipinski definition) is 1. The van der Waals surface area contributed by atoms with Crippen LogP contribution in [-0.4, -0.2) is 35.6 Å². The Bertz CT molecular complexity index is 238. The average Bonchev–Trinajstić information content (AvgIpc) is 2.22. The number of allylic oxidation sites excluding steroid dienone is 1. The molecule has 1 rings (SSSR count). The van der Waals surface area contributed by atoms with Gasteiger partial charge in [-0.15, -0.1) is 6.58 Å². The SMILES string of the molecule is C=C1CCN(CC(C)C(=O)O)CC1.C=CC. The summed E-state index contributed by atoms with van der Waals surface area (Å²) in [6, 6.07) is 0. The molecule has 1 atom stereocenters. The Balaban J connectivity index is 0.000000673. The molecule has 0 aromatic rings. The van der Waals surface area contributed by atoms with Gasteiger partial charge in [0.15, 0.2) is 0 Å². The fourth-order valence-corrected chi connectivity index (χ4v) is 1.52. The molecule has 0 aromatic carbocycles. The van der Waals surface area contributed by atoms with Crippen LogP contribution in [-0.2, 0) is 4.79 Å². The monoisotopic (exact) mass is 225 g/mol. The highest BCUT2D eigenvalue weighted by Crippen LogP contribution is 2.14. The Labute approximate surface area is 98.5 Å². The molecule has 1 fully saturated rings. The number of rotatable bonds is 3. The zero-order valence-electron chi connectivity index (χ0n) is 10.4. The number of carboxylic acids is 1. The number of nitrogens with zero attached hydrogens (tertiary/aromatic N) is 1. The highest BCUT2D eigenvalue weighted by Gasteiger charge is 2.18. The summed E-state index contributed by atoms with van der Waals surface area (Å²) in [5.74, 6) is -0.962. The van der Waals surface area contributed by atoms with Crippen molar-refractivity contribution in [2.75, 3.05) is 19.6 Å². The lowest BCUT2D eigenvalue weighted by Gasteiger charge is -2.28. The maximum absolute atomic E-state index is 10.6. The quantitative estimate of drug-likeness (QED) is 0.750. The van der Waals surface area contributed by atoms with E-state index in [9.17, 15) is 4.79 Å². The molecular weight excluding hydrogens is 202 g/mol. The molecule has 1 heterocycles. The van der Waals surface area contributed by atoms with Crippen LogP contribution < -0.4 is 0 Å². The molecule has 3 heteroatoms. The summed E-state index contributed by atoms with van der Waals surface area (Å²) in [6.45, 7) is 13.5. The summed E-state index contributed by atoms with van der Waals surface area (Å²) in [7, 11) is 0. The molecule has 1 N–H and O–H groups in total. The molecule has 16 heavy (non-hydrogen) atoms. The first-order valence-electron chi connectivity index (χ1n) is 5.70. The van der Waals surface area contributed by atoms with Gasteiger partial charge in [-0.05, 0) is 19.8 Å². The normalized spacial score (nSPS) is 18.2.